The summed E-state index contributed by atoms with van der Waals surface area (Å²) in [5.41, 5.74) is 0.717. The van der Waals surface area contributed by atoms with Gasteiger partial charge in [0, 0.05) is 18.0 Å². The van der Waals surface area contributed by atoms with Crippen LogP contribution in [0.4, 0.5) is 10.2 Å². The summed E-state index contributed by atoms with van der Waals surface area (Å²) >= 11 is 0. The van der Waals surface area contributed by atoms with Gasteiger partial charge in [0.2, 0.25) is 0 Å². The molecular weight excluding hydrogens is 257 g/mol. The highest BCUT2D eigenvalue weighted by Crippen LogP contribution is 2.22. The van der Waals surface area contributed by atoms with Crippen LogP contribution in [-0.2, 0) is 0 Å². The first-order valence-corrected chi connectivity index (χ1v) is 6.91. The SMILES string of the molecule is CC[C@H](C[C@H](C)CO)Nc1ncnc2ccc(F)cc12. The lowest BCUT2D eigenvalue weighted by Crippen LogP contribution is -2.23. The number of aliphatic hydroxyl groups excluding tert-OH is 1. The number of aromatic nitrogens is 2. The van der Waals surface area contributed by atoms with E-state index in [1.165, 1.54) is 18.5 Å². The van der Waals surface area contributed by atoms with Crippen molar-refractivity contribution in [1.82, 2.24) is 9.97 Å². The van der Waals surface area contributed by atoms with Gasteiger partial charge in [-0.1, -0.05) is 13.8 Å². The van der Waals surface area contributed by atoms with Crippen LogP contribution in [0.2, 0.25) is 0 Å². The molecule has 0 unspecified atom stereocenters. The molecule has 0 aliphatic rings. The zero-order valence-electron chi connectivity index (χ0n) is 11.8. The van der Waals surface area contributed by atoms with Crippen LogP contribution in [0.1, 0.15) is 26.7 Å². The van der Waals surface area contributed by atoms with Crippen LogP contribution in [0.5, 0.6) is 0 Å². The lowest BCUT2D eigenvalue weighted by atomic mass is 10.0. The molecule has 0 spiro atoms. The predicted molar refractivity (Wildman–Crippen MR) is 78.1 cm³/mol. The molecule has 0 saturated heterocycles. The molecule has 2 rings (SSSR count). The Bertz CT molecular complexity index is 576. The molecule has 108 valence electrons. The van der Waals surface area contributed by atoms with Crippen LogP contribution in [-0.4, -0.2) is 27.7 Å². The van der Waals surface area contributed by atoms with E-state index in [1.807, 2.05) is 6.92 Å². The summed E-state index contributed by atoms with van der Waals surface area (Å²) in [4.78, 5) is 8.35. The van der Waals surface area contributed by atoms with E-state index < -0.39 is 0 Å². The lowest BCUT2D eigenvalue weighted by molar-refractivity contribution is 0.224. The third-order valence-electron chi connectivity index (χ3n) is 3.43. The van der Waals surface area contributed by atoms with E-state index in [4.69, 9.17) is 5.11 Å². The molecule has 4 nitrogen and oxygen atoms in total. The maximum Gasteiger partial charge on any atom is 0.137 e. The molecule has 1 aromatic carbocycles. The van der Waals surface area contributed by atoms with Crippen molar-refractivity contribution in [3.05, 3.63) is 30.3 Å². The Morgan fingerprint density at radius 2 is 2.15 bits per heavy atom. The fourth-order valence-corrected chi connectivity index (χ4v) is 2.23. The molecule has 2 N–H and O–H groups in total. The van der Waals surface area contributed by atoms with E-state index >= 15 is 0 Å². The molecule has 2 atom stereocenters. The second kappa shape index (κ2) is 6.61. The molecule has 1 aromatic heterocycles. The minimum absolute atomic E-state index is 0.164. The van der Waals surface area contributed by atoms with E-state index in [1.54, 1.807) is 6.07 Å². The molecule has 0 radical (unpaired) electrons. The third kappa shape index (κ3) is 3.42. The number of fused-ring (bicyclic) bond motifs is 1. The van der Waals surface area contributed by atoms with E-state index in [0.717, 1.165) is 12.8 Å². The average molecular weight is 277 g/mol. The zero-order chi connectivity index (χ0) is 14.5. The molecule has 5 heteroatoms. The number of nitrogens with zero attached hydrogens (tertiary/aromatic N) is 2. The van der Waals surface area contributed by atoms with Gasteiger partial charge in [0.05, 0.1) is 5.52 Å². The van der Waals surface area contributed by atoms with Crippen molar-refractivity contribution in [2.45, 2.75) is 32.7 Å². The lowest BCUT2D eigenvalue weighted by Gasteiger charge is -2.21. The first-order valence-electron chi connectivity index (χ1n) is 6.91. The Kier molecular flexibility index (Phi) is 4.84. The maximum absolute atomic E-state index is 13.4. The highest BCUT2D eigenvalue weighted by molar-refractivity contribution is 5.88. The van der Waals surface area contributed by atoms with Crippen LogP contribution < -0.4 is 5.32 Å². The molecule has 0 saturated carbocycles. The van der Waals surface area contributed by atoms with Crippen molar-refractivity contribution >= 4 is 16.7 Å². The summed E-state index contributed by atoms with van der Waals surface area (Å²) in [6, 6.07) is 4.68. The Morgan fingerprint density at radius 1 is 1.35 bits per heavy atom. The number of aliphatic hydroxyl groups is 1. The number of anilines is 1. The molecule has 0 aliphatic heterocycles. The van der Waals surface area contributed by atoms with E-state index in [0.29, 0.717) is 16.7 Å². The molecule has 0 bridgehead atoms. The van der Waals surface area contributed by atoms with Gasteiger partial charge < -0.3 is 10.4 Å². The standard InChI is InChI=1S/C15H20FN3O/c1-3-12(6-10(2)8-20)19-15-13-7-11(16)4-5-14(13)17-9-18-15/h4-5,7,9-10,12,20H,3,6,8H2,1-2H3,(H,17,18,19)/t10-,12+/m0/s1. The summed E-state index contributed by atoms with van der Waals surface area (Å²) in [7, 11) is 0. The van der Waals surface area contributed by atoms with E-state index in [2.05, 4.69) is 22.2 Å². The van der Waals surface area contributed by atoms with Gasteiger partial charge in [-0.2, -0.15) is 0 Å². The number of benzene rings is 1. The van der Waals surface area contributed by atoms with Crippen molar-refractivity contribution in [2.75, 3.05) is 11.9 Å². The molecule has 0 aliphatic carbocycles. The Morgan fingerprint density at radius 3 is 2.85 bits per heavy atom. The van der Waals surface area contributed by atoms with Crippen LogP contribution in [0.25, 0.3) is 10.9 Å². The summed E-state index contributed by atoms with van der Waals surface area (Å²) in [5.74, 6) is 0.566. The van der Waals surface area contributed by atoms with Crippen LogP contribution in [0.15, 0.2) is 24.5 Å². The number of hydrogen-bond donors (Lipinski definition) is 2. The van der Waals surface area contributed by atoms with Crippen molar-refractivity contribution < 1.29 is 9.50 Å². The summed E-state index contributed by atoms with van der Waals surface area (Å²) in [5, 5.41) is 13.2. The minimum atomic E-state index is -0.299. The highest BCUT2D eigenvalue weighted by atomic mass is 19.1. The van der Waals surface area contributed by atoms with Crippen LogP contribution in [0, 0.1) is 11.7 Å². The van der Waals surface area contributed by atoms with Gasteiger partial charge in [0.15, 0.2) is 0 Å². The fraction of sp³-hybridized carbons (Fsp3) is 0.467. The first-order chi connectivity index (χ1) is 9.63. The van der Waals surface area contributed by atoms with Crippen LogP contribution in [0.3, 0.4) is 0 Å². The smallest absolute Gasteiger partial charge is 0.137 e. The van der Waals surface area contributed by atoms with Gasteiger partial charge in [0.25, 0.3) is 0 Å². The molecule has 0 fully saturated rings. The predicted octanol–water partition coefficient (Wildman–Crippen LogP) is 2.98. The number of rotatable bonds is 6. The molecule has 2 aromatic rings. The van der Waals surface area contributed by atoms with Gasteiger partial charge in [-0.05, 0) is 37.0 Å². The van der Waals surface area contributed by atoms with Crippen molar-refractivity contribution in [2.24, 2.45) is 5.92 Å². The zero-order valence-corrected chi connectivity index (χ0v) is 11.8. The quantitative estimate of drug-likeness (QED) is 0.852. The summed E-state index contributed by atoms with van der Waals surface area (Å²) in [6.07, 6.45) is 3.23. The van der Waals surface area contributed by atoms with E-state index in [9.17, 15) is 4.39 Å². The largest absolute Gasteiger partial charge is 0.396 e. The Labute approximate surface area is 118 Å². The molecular formula is C15H20FN3O. The van der Waals surface area contributed by atoms with Gasteiger partial charge in [-0.3, -0.25) is 0 Å². The summed E-state index contributed by atoms with van der Waals surface area (Å²) < 4.78 is 13.4. The van der Waals surface area contributed by atoms with Gasteiger partial charge >= 0.3 is 0 Å². The topological polar surface area (TPSA) is 58.0 Å². The second-order valence-corrected chi connectivity index (χ2v) is 5.16. The number of hydrogen-bond acceptors (Lipinski definition) is 4. The Hall–Kier alpha value is -1.75. The first kappa shape index (κ1) is 14.7. The fourth-order valence-electron chi connectivity index (χ4n) is 2.23. The number of nitrogens with one attached hydrogen (secondary N) is 1. The second-order valence-electron chi connectivity index (χ2n) is 5.16. The van der Waals surface area contributed by atoms with Crippen LogP contribution >= 0.6 is 0 Å². The average Bonchev–Trinajstić information content (AvgIpc) is 2.46. The van der Waals surface area contributed by atoms with E-state index in [-0.39, 0.29) is 24.4 Å². The van der Waals surface area contributed by atoms with Crippen molar-refractivity contribution in [3.8, 4) is 0 Å². The number of halogens is 1. The maximum atomic E-state index is 13.4. The Balaban J connectivity index is 2.25. The summed E-state index contributed by atoms with van der Waals surface area (Å²) in [6.45, 7) is 4.24. The van der Waals surface area contributed by atoms with Gasteiger partial charge in [0.1, 0.15) is 18.0 Å². The third-order valence-corrected chi connectivity index (χ3v) is 3.43. The van der Waals surface area contributed by atoms with Crippen molar-refractivity contribution in [3.63, 3.8) is 0 Å². The molecule has 0 amide bonds. The monoisotopic (exact) mass is 277 g/mol. The minimum Gasteiger partial charge on any atom is -0.396 e. The molecule has 20 heavy (non-hydrogen) atoms. The van der Waals surface area contributed by atoms with Gasteiger partial charge in [-0.25, -0.2) is 14.4 Å². The normalized spacial score (nSPS) is 14.2. The van der Waals surface area contributed by atoms with Gasteiger partial charge in [-0.15, -0.1) is 0 Å². The highest BCUT2D eigenvalue weighted by Gasteiger charge is 2.13. The molecule has 1 heterocycles. The van der Waals surface area contributed by atoms with Crippen molar-refractivity contribution in [1.29, 1.82) is 0 Å².